The summed E-state index contributed by atoms with van der Waals surface area (Å²) >= 11 is 4.91. The number of hydrogen-bond acceptors (Lipinski definition) is 4. The Balaban J connectivity index is 1.65. The number of nitrogens with two attached hydrogens (primary N) is 1. The van der Waals surface area contributed by atoms with Crippen molar-refractivity contribution in [2.24, 2.45) is 5.73 Å². The van der Waals surface area contributed by atoms with Gasteiger partial charge in [-0.3, -0.25) is 0 Å². The molecule has 2 N–H and O–H groups in total. The molecule has 0 spiro atoms. The summed E-state index contributed by atoms with van der Waals surface area (Å²) < 4.78 is 16.3. The van der Waals surface area contributed by atoms with E-state index in [9.17, 15) is 0 Å². The van der Waals surface area contributed by atoms with Crippen molar-refractivity contribution in [3.05, 3.63) is 53.6 Å². The standard InChI is InChI=1S/C15H13NO3S/c16-15(20)11-3-1-10(2-4-11)8-17-12-5-6-13-14(7-12)19-9-18-13/h1-7H,8-9H2,(H2,16,20). The third kappa shape index (κ3) is 2.67. The van der Waals surface area contributed by atoms with E-state index < -0.39 is 0 Å². The van der Waals surface area contributed by atoms with Gasteiger partial charge >= 0.3 is 0 Å². The van der Waals surface area contributed by atoms with Crippen LogP contribution in [0.5, 0.6) is 17.2 Å². The van der Waals surface area contributed by atoms with Gasteiger partial charge in [-0.05, 0) is 17.7 Å². The topological polar surface area (TPSA) is 53.7 Å². The van der Waals surface area contributed by atoms with Gasteiger partial charge in [-0.15, -0.1) is 0 Å². The minimum atomic E-state index is 0.263. The van der Waals surface area contributed by atoms with E-state index in [1.807, 2.05) is 42.5 Å². The van der Waals surface area contributed by atoms with Crippen LogP contribution < -0.4 is 19.9 Å². The molecule has 102 valence electrons. The number of hydrogen-bond donors (Lipinski definition) is 1. The molecule has 5 heteroatoms. The molecule has 0 radical (unpaired) electrons. The summed E-state index contributed by atoms with van der Waals surface area (Å²) in [6.07, 6.45) is 0. The van der Waals surface area contributed by atoms with Crippen molar-refractivity contribution in [2.75, 3.05) is 6.79 Å². The second kappa shape index (κ2) is 5.38. The van der Waals surface area contributed by atoms with Crippen LogP contribution in [0.4, 0.5) is 0 Å². The molecule has 1 heterocycles. The minimum Gasteiger partial charge on any atom is -0.489 e. The van der Waals surface area contributed by atoms with Crippen LogP contribution in [0.3, 0.4) is 0 Å². The number of fused-ring (bicyclic) bond motifs is 1. The summed E-state index contributed by atoms with van der Waals surface area (Å²) in [7, 11) is 0. The molecule has 0 saturated heterocycles. The van der Waals surface area contributed by atoms with Crippen LogP contribution in [0.25, 0.3) is 0 Å². The van der Waals surface area contributed by atoms with Crippen molar-refractivity contribution in [1.82, 2.24) is 0 Å². The average molecular weight is 287 g/mol. The zero-order valence-corrected chi connectivity index (χ0v) is 11.5. The Bertz CT molecular complexity index is 640. The van der Waals surface area contributed by atoms with Crippen molar-refractivity contribution in [3.8, 4) is 17.2 Å². The molecule has 2 aromatic rings. The molecule has 0 saturated carbocycles. The lowest BCUT2D eigenvalue weighted by atomic mass is 10.1. The third-order valence-corrected chi connectivity index (χ3v) is 3.22. The molecule has 0 fully saturated rings. The molecule has 0 aliphatic carbocycles. The molecule has 0 amide bonds. The molecule has 3 rings (SSSR count). The van der Waals surface area contributed by atoms with Crippen LogP contribution in [0.2, 0.25) is 0 Å². The summed E-state index contributed by atoms with van der Waals surface area (Å²) in [5.41, 5.74) is 7.45. The van der Waals surface area contributed by atoms with Gasteiger partial charge in [-0.2, -0.15) is 0 Å². The highest BCUT2D eigenvalue weighted by molar-refractivity contribution is 7.80. The van der Waals surface area contributed by atoms with E-state index >= 15 is 0 Å². The molecular weight excluding hydrogens is 274 g/mol. The van der Waals surface area contributed by atoms with Gasteiger partial charge < -0.3 is 19.9 Å². The van der Waals surface area contributed by atoms with E-state index in [2.05, 4.69) is 0 Å². The maximum Gasteiger partial charge on any atom is 0.231 e. The van der Waals surface area contributed by atoms with Crippen molar-refractivity contribution in [3.63, 3.8) is 0 Å². The summed E-state index contributed by atoms with van der Waals surface area (Å²) in [4.78, 5) is 0.397. The van der Waals surface area contributed by atoms with E-state index in [4.69, 9.17) is 32.2 Å². The largest absolute Gasteiger partial charge is 0.489 e. The number of rotatable bonds is 4. The lowest BCUT2D eigenvalue weighted by molar-refractivity contribution is 0.173. The summed E-state index contributed by atoms with van der Waals surface area (Å²) in [6.45, 7) is 0.733. The summed E-state index contributed by atoms with van der Waals surface area (Å²) in [6, 6.07) is 13.2. The predicted octanol–water partition coefficient (Wildman–Crippen LogP) is 2.63. The lowest BCUT2D eigenvalue weighted by Crippen LogP contribution is -2.09. The first-order valence-electron chi connectivity index (χ1n) is 6.13. The Hall–Kier alpha value is -2.27. The van der Waals surface area contributed by atoms with Crippen LogP contribution in [0.15, 0.2) is 42.5 Å². The van der Waals surface area contributed by atoms with Crippen LogP contribution in [0.1, 0.15) is 11.1 Å². The fourth-order valence-corrected chi connectivity index (χ4v) is 2.03. The van der Waals surface area contributed by atoms with E-state index in [1.54, 1.807) is 0 Å². The van der Waals surface area contributed by atoms with E-state index in [1.165, 1.54) is 0 Å². The second-order valence-corrected chi connectivity index (χ2v) is 4.80. The van der Waals surface area contributed by atoms with Crippen molar-refractivity contribution < 1.29 is 14.2 Å². The quantitative estimate of drug-likeness (QED) is 0.876. The molecule has 0 aromatic heterocycles. The lowest BCUT2D eigenvalue weighted by Gasteiger charge is -2.07. The van der Waals surface area contributed by atoms with Gasteiger partial charge in [-0.1, -0.05) is 36.5 Å². The minimum absolute atomic E-state index is 0.263. The van der Waals surface area contributed by atoms with Gasteiger partial charge in [0.2, 0.25) is 6.79 Å². The Morgan fingerprint density at radius 2 is 1.85 bits per heavy atom. The first kappa shape index (κ1) is 12.7. The van der Waals surface area contributed by atoms with E-state index in [0.717, 1.165) is 22.6 Å². The highest BCUT2D eigenvalue weighted by atomic mass is 32.1. The number of ether oxygens (including phenoxy) is 3. The molecule has 0 unspecified atom stereocenters. The summed E-state index contributed by atoms with van der Waals surface area (Å²) in [5.74, 6) is 2.21. The smallest absolute Gasteiger partial charge is 0.231 e. The molecule has 1 aliphatic heterocycles. The molecular formula is C15H13NO3S. The normalized spacial score (nSPS) is 12.2. The third-order valence-electron chi connectivity index (χ3n) is 2.99. The second-order valence-electron chi connectivity index (χ2n) is 4.36. The predicted molar refractivity (Wildman–Crippen MR) is 79.2 cm³/mol. The van der Waals surface area contributed by atoms with Crippen LogP contribution in [-0.4, -0.2) is 11.8 Å². The SMILES string of the molecule is NC(=S)c1ccc(COc2ccc3c(c2)OCO3)cc1. The van der Waals surface area contributed by atoms with Crippen LogP contribution >= 0.6 is 12.2 Å². The Morgan fingerprint density at radius 1 is 1.10 bits per heavy atom. The first-order chi connectivity index (χ1) is 9.72. The fourth-order valence-electron chi connectivity index (χ4n) is 1.90. The van der Waals surface area contributed by atoms with Gasteiger partial charge in [0.1, 0.15) is 17.3 Å². The van der Waals surface area contributed by atoms with Gasteiger partial charge in [0.05, 0.1) is 0 Å². The molecule has 0 atom stereocenters. The van der Waals surface area contributed by atoms with Gasteiger partial charge in [0, 0.05) is 11.6 Å². The molecule has 1 aliphatic rings. The molecule has 4 nitrogen and oxygen atoms in total. The highest BCUT2D eigenvalue weighted by Gasteiger charge is 2.13. The van der Waals surface area contributed by atoms with Crippen molar-refractivity contribution in [1.29, 1.82) is 0 Å². The van der Waals surface area contributed by atoms with Crippen molar-refractivity contribution in [2.45, 2.75) is 6.61 Å². The molecule has 20 heavy (non-hydrogen) atoms. The van der Waals surface area contributed by atoms with Crippen LogP contribution in [0, 0.1) is 0 Å². The van der Waals surface area contributed by atoms with Gasteiger partial charge in [0.25, 0.3) is 0 Å². The monoisotopic (exact) mass is 287 g/mol. The van der Waals surface area contributed by atoms with E-state index in [0.29, 0.717) is 17.3 Å². The van der Waals surface area contributed by atoms with Crippen molar-refractivity contribution >= 4 is 17.2 Å². The van der Waals surface area contributed by atoms with Gasteiger partial charge in [0.15, 0.2) is 11.5 Å². The van der Waals surface area contributed by atoms with Gasteiger partial charge in [-0.25, -0.2) is 0 Å². The zero-order valence-electron chi connectivity index (χ0n) is 10.7. The molecule has 0 bridgehead atoms. The maximum atomic E-state index is 5.72. The fraction of sp³-hybridized carbons (Fsp3) is 0.133. The Kier molecular flexibility index (Phi) is 3.43. The zero-order chi connectivity index (χ0) is 13.9. The highest BCUT2D eigenvalue weighted by Crippen LogP contribution is 2.35. The van der Waals surface area contributed by atoms with Crippen LogP contribution in [-0.2, 0) is 6.61 Å². The maximum absolute atomic E-state index is 5.72. The Labute approximate surface area is 122 Å². The first-order valence-corrected chi connectivity index (χ1v) is 6.54. The Morgan fingerprint density at radius 3 is 2.60 bits per heavy atom. The summed E-state index contributed by atoms with van der Waals surface area (Å²) in [5, 5.41) is 0. The van der Waals surface area contributed by atoms with E-state index in [-0.39, 0.29) is 6.79 Å². The number of benzene rings is 2. The molecule has 2 aromatic carbocycles. The average Bonchev–Trinajstić information content (AvgIpc) is 2.93. The number of thiocarbonyl (C=S) groups is 1.